The number of carbonyl (C=O) groups is 1. The number of hydrazine groups is 1. The minimum atomic E-state index is -0.495. The number of hydrogen-bond donors (Lipinski definition) is 3. The third-order valence-corrected chi connectivity index (χ3v) is 2.28. The van der Waals surface area contributed by atoms with E-state index in [2.05, 4.69) is 18.1 Å². The van der Waals surface area contributed by atoms with E-state index in [9.17, 15) is 4.79 Å². The highest BCUT2D eigenvalue weighted by atomic mass is 32.1. The van der Waals surface area contributed by atoms with Gasteiger partial charge >= 0.3 is 0 Å². The predicted octanol–water partition coefficient (Wildman–Crippen LogP) is 0.956. The molecule has 0 aliphatic heterocycles. The highest BCUT2D eigenvalue weighted by Gasteiger charge is 2.14. The van der Waals surface area contributed by atoms with Crippen LogP contribution in [0.4, 0.5) is 0 Å². The summed E-state index contributed by atoms with van der Waals surface area (Å²) >= 11 is 4.15. The van der Waals surface area contributed by atoms with E-state index in [1.807, 2.05) is 31.2 Å². The topological polar surface area (TPSA) is 55.1 Å². The van der Waals surface area contributed by atoms with E-state index in [1.165, 1.54) is 0 Å². The first kappa shape index (κ1) is 10.1. The van der Waals surface area contributed by atoms with E-state index in [4.69, 9.17) is 5.84 Å². The molecule has 0 saturated heterocycles. The smallest absolute Gasteiger partial charge is 0.251 e. The summed E-state index contributed by atoms with van der Waals surface area (Å²) in [6, 6.07) is 7.61. The van der Waals surface area contributed by atoms with E-state index in [-0.39, 0.29) is 5.91 Å². The molecular weight excluding hydrogens is 184 g/mol. The van der Waals surface area contributed by atoms with Crippen molar-refractivity contribution in [2.75, 3.05) is 0 Å². The van der Waals surface area contributed by atoms with Crippen molar-refractivity contribution in [3.05, 3.63) is 35.4 Å². The molecule has 13 heavy (non-hydrogen) atoms. The molecule has 0 radical (unpaired) electrons. The van der Waals surface area contributed by atoms with E-state index < -0.39 is 5.25 Å². The largest absolute Gasteiger partial charge is 0.293 e. The fourth-order valence-electron chi connectivity index (χ4n) is 1.07. The minimum Gasteiger partial charge on any atom is -0.293 e. The molecule has 1 atom stereocenters. The maximum Gasteiger partial charge on any atom is 0.251 e. The fourth-order valence-corrected chi connectivity index (χ4v) is 1.31. The lowest BCUT2D eigenvalue weighted by Gasteiger charge is -2.09. The Hall–Kier alpha value is -1.00. The lowest BCUT2D eigenvalue weighted by Crippen LogP contribution is -2.32. The highest BCUT2D eigenvalue weighted by Crippen LogP contribution is 2.20. The molecule has 0 fully saturated rings. The molecule has 0 spiro atoms. The molecule has 1 amide bonds. The molecule has 1 rings (SSSR count). The highest BCUT2D eigenvalue weighted by molar-refractivity contribution is 7.81. The molecule has 0 bridgehead atoms. The monoisotopic (exact) mass is 196 g/mol. The molecule has 4 heteroatoms. The van der Waals surface area contributed by atoms with Gasteiger partial charge in [-0.05, 0) is 12.5 Å². The number of nitrogens with one attached hydrogen (secondary N) is 1. The molecule has 3 N–H and O–H groups in total. The zero-order valence-corrected chi connectivity index (χ0v) is 8.21. The van der Waals surface area contributed by atoms with Crippen molar-refractivity contribution in [1.82, 2.24) is 5.43 Å². The molecule has 1 unspecified atom stereocenters. The van der Waals surface area contributed by atoms with Gasteiger partial charge in [-0.1, -0.05) is 29.8 Å². The van der Waals surface area contributed by atoms with Gasteiger partial charge in [0.1, 0.15) is 5.25 Å². The van der Waals surface area contributed by atoms with Crippen LogP contribution in [0.5, 0.6) is 0 Å². The zero-order valence-electron chi connectivity index (χ0n) is 7.32. The van der Waals surface area contributed by atoms with E-state index >= 15 is 0 Å². The molecule has 1 aromatic rings. The third-order valence-electron chi connectivity index (χ3n) is 1.75. The fraction of sp³-hybridized carbons (Fsp3) is 0.222. The molecule has 1 aromatic carbocycles. The van der Waals surface area contributed by atoms with Gasteiger partial charge in [-0.25, -0.2) is 5.84 Å². The first-order valence-electron chi connectivity index (χ1n) is 3.90. The number of amides is 1. The van der Waals surface area contributed by atoms with E-state index in [1.54, 1.807) is 0 Å². The number of aryl methyl sites for hydroxylation is 1. The molecule has 3 nitrogen and oxygen atoms in total. The Bertz CT molecular complexity index is 314. The number of carbonyl (C=O) groups excluding carboxylic acids is 1. The van der Waals surface area contributed by atoms with Crippen molar-refractivity contribution in [2.24, 2.45) is 5.84 Å². The Kier molecular flexibility index (Phi) is 3.33. The van der Waals surface area contributed by atoms with Crippen LogP contribution in [0.15, 0.2) is 24.3 Å². The maximum absolute atomic E-state index is 11.1. The van der Waals surface area contributed by atoms with Gasteiger partial charge in [0.25, 0.3) is 5.91 Å². The molecule has 0 heterocycles. The van der Waals surface area contributed by atoms with Crippen LogP contribution in [0, 0.1) is 6.92 Å². The summed E-state index contributed by atoms with van der Waals surface area (Å²) < 4.78 is 0. The maximum atomic E-state index is 11.1. The standard InChI is InChI=1S/C9H12N2OS/c1-6-3-2-4-7(5-6)8(13)9(12)11-10/h2-5,8,13H,10H2,1H3,(H,11,12). The van der Waals surface area contributed by atoms with Crippen LogP contribution in [0.1, 0.15) is 16.4 Å². The molecule has 70 valence electrons. The molecule has 0 aromatic heterocycles. The Balaban J connectivity index is 2.88. The molecule has 0 saturated carbocycles. The quantitative estimate of drug-likeness (QED) is 0.285. The Morgan fingerprint density at radius 2 is 2.31 bits per heavy atom. The number of hydrogen-bond acceptors (Lipinski definition) is 3. The van der Waals surface area contributed by atoms with Crippen LogP contribution < -0.4 is 11.3 Å². The SMILES string of the molecule is Cc1cccc(C(S)C(=O)NN)c1. The van der Waals surface area contributed by atoms with Crippen molar-refractivity contribution in [3.8, 4) is 0 Å². The summed E-state index contributed by atoms with van der Waals surface area (Å²) in [5.74, 6) is 4.70. The lowest BCUT2D eigenvalue weighted by atomic mass is 10.1. The minimum absolute atomic E-state index is 0.297. The summed E-state index contributed by atoms with van der Waals surface area (Å²) in [4.78, 5) is 11.1. The van der Waals surface area contributed by atoms with Gasteiger partial charge in [-0.2, -0.15) is 12.6 Å². The second kappa shape index (κ2) is 4.30. The van der Waals surface area contributed by atoms with Crippen molar-refractivity contribution < 1.29 is 4.79 Å². The van der Waals surface area contributed by atoms with E-state index in [0.29, 0.717) is 0 Å². The summed E-state index contributed by atoms with van der Waals surface area (Å²) in [6.45, 7) is 1.96. The first-order valence-corrected chi connectivity index (χ1v) is 4.42. The average Bonchev–Trinajstić information content (AvgIpc) is 2.15. The normalized spacial score (nSPS) is 12.2. The molecule has 0 aliphatic carbocycles. The van der Waals surface area contributed by atoms with Crippen molar-refractivity contribution in [1.29, 1.82) is 0 Å². The second-order valence-electron chi connectivity index (χ2n) is 2.83. The van der Waals surface area contributed by atoms with Gasteiger partial charge in [0, 0.05) is 0 Å². The number of thiol groups is 1. The van der Waals surface area contributed by atoms with Crippen LogP contribution in [0.25, 0.3) is 0 Å². The summed E-state index contributed by atoms with van der Waals surface area (Å²) in [6.07, 6.45) is 0. The Morgan fingerprint density at radius 1 is 1.62 bits per heavy atom. The average molecular weight is 196 g/mol. The number of nitrogens with two attached hydrogens (primary N) is 1. The van der Waals surface area contributed by atoms with Crippen LogP contribution in [0.3, 0.4) is 0 Å². The van der Waals surface area contributed by atoms with Crippen molar-refractivity contribution in [3.63, 3.8) is 0 Å². The van der Waals surface area contributed by atoms with Crippen molar-refractivity contribution >= 4 is 18.5 Å². The summed E-state index contributed by atoms with van der Waals surface area (Å²) in [5, 5.41) is -0.495. The molecule has 0 aliphatic rings. The van der Waals surface area contributed by atoms with Gasteiger partial charge in [-0.3, -0.25) is 10.2 Å². The van der Waals surface area contributed by atoms with Gasteiger partial charge in [0.15, 0.2) is 0 Å². The van der Waals surface area contributed by atoms with Gasteiger partial charge in [0.05, 0.1) is 0 Å². The van der Waals surface area contributed by atoms with Crippen LogP contribution >= 0.6 is 12.6 Å². The number of rotatable bonds is 2. The summed E-state index contributed by atoms with van der Waals surface area (Å²) in [5.41, 5.74) is 4.02. The third kappa shape index (κ3) is 2.47. The van der Waals surface area contributed by atoms with E-state index in [0.717, 1.165) is 11.1 Å². The van der Waals surface area contributed by atoms with Gasteiger partial charge in [0.2, 0.25) is 0 Å². The van der Waals surface area contributed by atoms with Gasteiger partial charge in [-0.15, -0.1) is 0 Å². The second-order valence-corrected chi connectivity index (χ2v) is 3.34. The molecular formula is C9H12N2OS. The number of benzene rings is 1. The lowest BCUT2D eigenvalue weighted by molar-refractivity contribution is -0.120. The predicted molar refractivity (Wildman–Crippen MR) is 55.2 cm³/mol. The van der Waals surface area contributed by atoms with Crippen LogP contribution in [0.2, 0.25) is 0 Å². The van der Waals surface area contributed by atoms with Crippen LogP contribution in [-0.4, -0.2) is 5.91 Å². The van der Waals surface area contributed by atoms with Crippen molar-refractivity contribution in [2.45, 2.75) is 12.2 Å². The Morgan fingerprint density at radius 3 is 2.85 bits per heavy atom. The van der Waals surface area contributed by atoms with Crippen LogP contribution in [-0.2, 0) is 4.79 Å². The summed E-state index contributed by atoms with van der Waals surface area (Å²) in [7, 11) is 0. The Labute approximate surface area is 82.7 Å². The van der Waals surface area contributed by atoms with Gasteiger partial charge < -0.3 is 0 Å². The first-order chi connectivity index (χ1) is 6.15. The zero-order chi connectivity index (χ0) is 9.84.